The normalized spacial score (nSPS) is 25.4. The van der Waals surface area contributed by atoms with Gasteiger partial charge in [0.15, 0.2) is 5.13 Å². The largest absolute Gasteiger partial charge is 0.375 e. The lowest BCUT2D eigenvalue weighted by atomic mass is 10.1. The number of rotatable bonds is 2. The highest BCUT2D eigenvalue weighted by Crippen LogP contribution is 2.25. The lowest BCUT2D eigenvalue weighted by Crippen LogP contribution is -2.36. The van der Waals surface area contributed by atoms with Crippen LogP contribution >= 0.6 is 11.3 Å². The first-order valence-corrected chi connectivity index (χ1v) is 6.06. The predicted molar refractivity (Wildman–Crippen MR) is 60.8 cm³/mol. The third-order valence-electron chi connectivity index (χ3n) is 2.93. The molecule has 0 aromatic carbocycles. The highest BCUT2D eigenvalue weighted by Gasteiger charge is 2.25. The second-order valence-electron chi connectivity index (χ2n) is 4.06. The molecule has 1 aliphatic rings. The average Bonchev–Trinajstić information content (AvgIpc) is 2.77. The van der Waals surface area contributed by atoms with Crippen LogP contribution in [0.15, 0.2) is 5.38 Å². The van der Waals surface area contributed by atoms with E-state index in [1.54, 1.807) is 5.38 Å². The first kappa shape index (κ1) is 10.4. The third kappa shape index (κ3) is 2.28. The molecule has 5 heteroatoms. The molecule has 2 atom stereocenters. The lowest BCUT2D eigenvalue weighted by Gasteiger charge is -2.16. The molecule has 1 aliphatic carbocycles. The standard InChI is InChI=1S/C10H15N3OS/c1-6-3-2-4-7(6)12-9(14)8-5-15-10(11)13-8/h5-7H,2-4H2,1H3,(H2,11,13)(H,12,14). The second-order valence-corrected chi connectivity index (χ2v) is 4.95. The molecule has 0 bridgehead atoms. The van der Waals surface area contributed by atoms with Crippen LogP contribution in [0.1, 0.15) is 36.7 Å². The monoisotopic (exact) mass is 225 g/mol. The summed E-state index contributed by atoms with van der Waals surface area (Å²) in [6.45, 7) is 2.17. The van der Waals surface area contributed by atoms with Gasteiger partial charge >= 0.3 is 0 Å². The van der Waals surface area contributed by atoms with E-state index >= 15 is 0 Å². The maximum absolute atomic E-state index is 11.7. The molecule has 2 rings (SSSR count). The minimum absolute atomic E-state index is 0.0956. The smallest absolute Gasteiger partial charge is 0.271 e. The Balaban J connectivity index is 1.97. The first-order valence-electron chi connectivity index (χ1n) is 5.18. The zero-order chi connectivity index (χ0) is 10.8. The Bertz CT molecular complexity index is 363. The maximum Gasteiger partial charge on any atom is 0.271 e. The molecule has 1 aromatic rings. The molecule has 1 heterocycles. The summed E-state index contributed by atoms with van der Waals surface area (Å²) in [7, 11) is 0. The topological polar surface area (TPSA) is 68.0 Å². The summed E-state index contributed by atoms with van der Waals surface area (Å²) in [5, 5.41) is 5.15. The molecule has 15 heavy (non-hydrogen) atoms. The number of amides is 1. The molecule has 1 fully saturated rings. The van der Waals surface area contributed by atoms with Crippen LogP contribution in [0, 0.1) is 5.92 Å². The van der Waals surface area contributed by atoms with E-state index in [2.05, 4.69) is 17.2 Å². The molecule has 3 N–H and O–H groups in total. The quantitative estimate of drug-likeness (QED) is 0.804. The van der Waals surface area contributed by atoms with E-state index in [0.717, 1.165) is 6.42 Å². The van der Waals surface area contributed by atoms with Gasteiger partial charge in [0.25, 0.3) is 5.91 Å². The summed E-state index contributed by atoms with van der Waals surface area (Å²) >= 11 is 1.30. The molecule has 0 spiro atoms. The molecule has 0 radical (unpaired) electrons. The Kier molecular flexibility index (Phi) is 2.90. The Morgan fingerprint density at radius 3 is 3.00 bits per heavy atom. The van der Waals surface area contributed by atoms with Crippen molar-refractivity contribution in [1.82, 2.24) is 10.3 Å². The van der Waals surface area contributed by atoms with E-state index in [1.807, 2.05) is 0 Å². The number of aromatic nitrogens is 1. The fraction of sp³-hybridized carbons (Fsp3) is 0.600. The van der Waals surface area contributed by atoms with E-state index < -0.39 is 0 Å². The molecule has 0 aliphatic heterocycles. The van der Waals surface area contributed by atoms with Gasteiger partial charge in [-0.3, -0.25) is 4.79 Å². The van der Waals surface area contributed by atoms with Crippen LogP contribution in [0.25, 0.3) is 0 Å². The molecule has 1 aromatic heterocycles. The van der Waals surface area contributed by atoms with Crippen molar-refractivity contribution in [3.63, 3.8) is 0 Å². The Hall–Kier alpha value is -1.10. The third-order valence-corrected chi connectivity index (χ3v) is 3.61. The Morgan fingerprint density at radius 1 is 1.67 bits per heavy atom. The number of anilines is 1. The highest BCUT2D eigenvalue weighted by atomic mass is 32.1. The second kappa shape index (κ2) is 4.18. The number of hydrogen-bond donors (Lipinski definition) is 2. The van der Waals surface area contributed by atoms with Crippen molar-refractivity contribution in [1.29, 1.82) is 0 Å². The van der Waals surface area contributed by atoms with Crippen LogP contribution in [0.5, 0.6) is 0 Å². The highest BCUT2D eigenvalue weighted by molar-refractivity contribution is 7.13. The molecule has 2 unspecified atom stereocenters. The molecule has 0 saturated heterocycles. The Morgan fingerprint density at radius 2 is 2.47 bits per heavy atom. The number of nitrogens with one attached hydrogen (secondary N) is 1. The van der Waals surface area contributed by atoms with Gasteiger partial charge in [0, 0.05) is 11.4 Å². The van der Waals surface area contributed by atoms with Crippen LogP contribution in [0.4, 0.5) is 5.13 Å². The van der Waals surface area contributed by atoms with E-state index in [-0.39, 0.29) is 5.91 Å². The SMILES string of the molecule is CC1CCCC1NC(=O)c1csc(N)n1. The van der Waals surface area contributed by atoms with Gasteiger partial charge in [0.2, 0.25) is 0 Å². The molecular formula is C10H15N3OS. The van der Waals surface area contributed by atoms with Crippen molar-refractivity contribution in [2.45, 2.75) is 32.2 Å². The summed E-state index contributed by atoms with van der Waals surface area (Å²) < 4.78 is 0. The van der Waals surface area contributed by atoms with E-state index in [9.17, 15) is 4.79 Å². The van der Waals surface area contributed by atoms with Gasteiger partial charge in [-0.15, -0.1) is 11.3 Å². The Labute approximate surface area is 92.9 Å². The van der Waals surface area contributed by atoms with Crippen molar-refractivity contribution >= 4 is 22.4 Å². The van der Waals surface area contributed by atoms with E-state index in [4.69, 9.17) is 5.73 Å². The van der Waals surface area contributed by atoms with E-state index in [1.165, 1.54) is 24.2 Å². The van der Waals surface area contributed by atoms with Gasteiger partial charge in [-0.2, -0.15) is 0 Å². The first-order chi connectivity index (χ1) is 7.16. The zero-order valence-corrected chi connectivity index (χ0v) is 9.51. The van der Waals surface area contributed by atoms with Crippen LogP contribution < -0.4 is 11.1 Å². The molecule has 4 nitrogen and oxygen atoms in total. The van der Waals surface area contributed by atoms with Crippen LogP contribution in [-0.4, -0.2) is 16.9 Å². The van der Waals surface area contributed by atoms with Crippen molar-refractivity contribution in [2.75, 3.05) is 5.73 Å². The van der Waals surface area contributed by atoms with Gasteiger partial charge < -0.3 is 11.1 Å². The van der Waals surface area contributed by atoms with Crippen molar-refractivity contribution in [3.8, 4) is 0 Å². The minimum Gasteiger partial charge on any atom is -0.375 e. The average molecular weight is 225 g/mol. The summed E-state index contributed by atoms with van der Waals surface area (Å²) in [5.74, 6) is 0.478. The predicted octanol–water partition coefficient (Wildman–Crippen LogP) is 1.64. The number of carbonyl (C=O) groups is 1. The van der Waals surface area contributed by atoms with Crippen molar-refractivity contribution < 1.29 is 4.79 Å². The van der Waals surface area contributed by atoms with Gasteiger partial charge in [-0.1, -0.05) is 13.3 Å². The van der Waals surface area contributed by atoms with E-state index in [0.29, 0.717) is 22.8 Å². The van der Waals surface area contributed by atoms with Gasteiger partial charge in [0.05, 0.1) is 0 Å². The number of thiazole rings is 1. The lowest BCUT2D eigenvalue weighted by molar-refractivity contribution is 0.0925. The van der Waals surface area contributed by atoms with Gasteiger partial charge in [-0.05, 0) is 18.8 Å². The zero-order valence-electron chi connectivity index (χ0n) is 8.69. The minimum atomic E-state index is -0.0956. The molecule has 82 valence electrons. The summed E-state index contributed by atoms with van der Waals surface area (Å²) in [4.78, 5) is 15.7. The number of hydrogen-bond acceptors (Lipinski definition) is 4. The van der Waals surface area contributed by atoms with Crippen LogP contribution in [-0.2, 0) is 0 Å². The summed E-state index contributed by atoms with van der Waals surface area (Å²) in [6.07, 6.45) is 3.47. The number of nitrogens with two attached hydrogens (primary N) is 1. The van der Waals surface area contributed by atoms with Crippen molar-refractivity contribution in [3.05, 3.63) is 11.1 Å². The summed E-state index contributed by atoms with van der Waals surface area (Å²) in [6, 6.07) is 0.306. The van der Waals surface area contributed by atoms with Gasteiger partial charge in [0.1, 0.15) is 5.69 Å². The molecular weight excluding hydrogens is 210 g/mol. The molecule has 1 amide bonds. The maximum atomic E-state index is 11.7. The number of carbonyl (C=O) groups excluding carboxylic acids is 1. The fourth-order valence-corrected chi connectivity index (χ4v) is 2.54. The van der Waals surface area contributed by atoms with Crippen molar-refractivity contribution in [2.24, 2.45) is 5.92 Å². The van der Waals surface area contributed by atoms with Gasteiger partial charge in [-0.25, -0.2) is 4.98 Å². The van der Waals surface area contributed by atoms with Crippen LogP contribution in [0.3, 0.4) is 0 Å². The fourth-order valence-electron chi connectivity index (χ4n) is 1.99. The number of nitrogens with zero attached hydrogens (tertiary/aromatic N) is 1. The van der Waals surface area contributed by atoms with Crippen LogP contribution in [0.2, 0.25) is 0 Å². The molecule has 1 saturated carbocycles. The summed E-state index contributed by atoms with van der Waals surface area (Å²) in [5.41, 5.74) is 5.92. The number of nitrogen functional groups attached to an aromatic ring is 1.